The standard InChI is InChI=1S/C12H9IO3/c1-15-12(14)10-7-9(13)11(16-10)8-5-3-2-4-6-8/h2-7H,1H3. The summed E-state index contributed by atoms with van der Waals surface area (Å²) in [6.07, 6.45) is 0. The molecule has 1 heterocycles. The number of carbonyl (C=O) groups excluding carboxylic acids is 1. The van der Waals surface area contributed by atoms with Crippen LogP contribution in [0.2, 0.25) is 0 Å². The van der Waals surface area contributed by atoms with Gasteiger partial charge in [-0.25, -0.2) is 4.79 Å². The van der Waals surface area contributed by atoms with Gasteiger partial charge in [0, 0.05) is 11.6 Å². The van der Waals surface area contributed by atoms with Crippen LogP contribution in [-0.2, 0) is 4.74 Å². The minimum absolute atomic E-state index is 0.228. The van der Waals surface area contributed by atoms with Crippen LogP contribution in [0.5, 0.6) is 0 Å². The molecule has 0 aliphatic heterocycles. The Morgan fingerprint density at radius 2 is 2.00 bits per heavy atom. The summed E-state index contributed by atoms with van der Waals surface area (Å²) in [6.45, 7) is 0. The van der Waals surface area contributed by atoms with Crippen LogP contribution in [0.4, 0.5) is 0 Å². The van der Waals surface area contributed by atoms with Gasteiger partial charge >= 0.3 is 5.97 Å². The van der Waals surface area contributed by atoms with Crippen molar-refractivity contribution in [2.45, 2.75) is 0 Å². The molecule has 0 bridgehead atoms. The molecule has 1 aromatic carbocycles. The first-order valence-corrected chi connectivity index (χ1v) is 5.73. The molecule has 1 aromatic heterocycles. The Balaban J connectivity index is 2.44. The predicted octanol–water partition coefficient (Wildman–Crippen LogP) is 3.34. The highest BCUT2D eigenvalue weighted by molar-refractivity contribution is 14.1. The molecule has 2 aromatic rings. The predicted molar refractivity (Wildman–Crippen MR) is 68.2 cm³/mol. The topological polar surface area (TPSA) is 39.4 Å². The number of benzene rings is 1. The minimum Gasteiger partial charge on any atom is -0.463 e. The maximum absolute atomic E-state index is 11.3. The molecular weight excluding hydrogens is 319 g/mol. The van der Waals surface area contributed by atoms with Gasteiger partial charge in [0.2, 0.25) is 5.76 Å². The van der Waals surface area contributed by atoms with E-state index in [0.717, 1.165) is 9.13 Å². The summed E-state index contributed by atoms with van der Waals surface area (Å²) in [7, 11) is 1.33. The lowest BCUT2D eigenvalue weighted by atomic mass is 10.2. The highest BCUT2D eigenvalue weighted by Crippen LogP contribution is 2.28. The quantitative estimate of drug-likeness (QED) is 0.627. The summed E-state index contributed by atoms with van der Waals surface area (Å²) in [6, 6.07) is 11.3. The average molecular weight is 328 g/mol. The zero-order valence-electron chi connectivity index (χ0n) is 8.57. The molecule has 0 N–H and O–H groups in total. The Bertz CT molecular complexity index is 502. The molecule has 2 rings (SSSR count). The Morgan fingerprint density at radius 3 is 2.62 bits per heavy atom. The van der Waals surface area contributed by atoms with Gasteiger partial charge in [0.25, 0.3) is 0 Å². The van der Waals surface area contributed by atoms with Crippen LogP contribution in [0.1, 0.15) is 10.6 Å². The van der Waals surface area contributed by atoms with Crippen molar-refractivity contribution in [2.24, 2.45) is 0 Å². The van der Waals surface area contributed by atoms with E-state index in [0.29, 0.717) is 5.76 Å². The zero-order valence-corrected chi connectivity index (χ0v) is 10.7. The van der Waals surface area contributed by atoms with Gasteiger partial charge in [-0.05, 0) is 22.6 Å². The smallest absolute Gasteiger partial charge is 0.374 e. The van der Waals surface area contributed by atoms with Gasteiger partial charge in [-0.2, -0.15) is 0 Å². The summed E-state index contributed by atoms with van der Waals surface area (Å²) in [5, 5.41) is 0. The van der Waals surface area contributed by atoms with Crippen molar-refractivity contribution >= 4 is 28.6 Å². The number of hydrogen-bond donors (Lipinski definition) is 0. The van der Waals surface area contributed by atoms with Crippen LogP contribution < -0.4 is 0 Å². The molecule has 16 heavy (non-hydrogen) atoms. The van der Waals surface area contributed by atoms with Crippen molar-refractivity contribution in [3.63, 3.8) is 0 Å². The van der Waals surface area contributed by atoms with Crippen LogP contribution in [0.3, 0.4) is 0 Å². The first-order chi connectivity index (χ1) is 7.72. The van der Waals surface area contributed by atoms with Crippen molar-refractivity contribution in [2.75, 3.05) is 7.11 Å². The van der Waals surface area contributed by atoms with Gasteiger partial charge in [-0.3, -0.25) is 0 Å². The molecular formula is C12H9IO3. The summed E-state index contributed by atoms with van der Waals surface area (Å²) in [5.41, 5.74) is 0.946. The van der Waals surface area contributed by atoms with Gasteiger partial charge in [0.1, 0.15) is 5.76 Å². The molecule has 0 unspecified atom stereocenters. The summed E-state index contributed by atoms with van der Waals surface area (Å²) >= 11 is 2.13. The number of hydrogen-bond acceptors (Lipinski definition) is 3. The Morgan fingerprint density at radius 1 is 1.31 bits per heavy atom. The third-order valence-electron chi connectivity index (χ3n) is 2.11. The maximum Gasteiger partial charge on any atom is 0.374 e. The van der Waals surface area contributed by atoms with Crippen LogP contribution in [0.15, 0.2) is 40.8 Å². The van der Waals surface area contributed by atoms with Crippen LogP contribution >= 0.6 is 22.6 Å². The third-order valence-corrected chi connectivity index (χ3v) is 2.91. The SMILES string of the molecule is COC(=O)c1cc(I)c(-c2ccccc2)o1. The Labute approximate surface area is 107 Å². The molecule has 0 saturated carbocycles. The van der Waals surface area contributed by atoms with Crippen molar-refractivity contribution in [3.8, 4) is 11.3 Å². The van der Waals surface area contributed by atoms with E-state index in [-0.39, 0.29) is 5.76 Å². The van der Waals surface area contributed by atoms with Gasteiger partial charge in [0.05, 0.1) is 10.7 Å². The van der Waals surface area contributed by atoms with Gasteiger partial charge in [-0.1, -0.05) is 30.3 Å². The number of halogens is 1. The van der Waals surface area contributed by atoms with Crippen LogP contribution in [0, 0.1) is 3.57 Å². The summed E-state index contributed by atoms with van der Waals surface area (Å²) < 4.78 is 11.0. The number of methoxy groups -OCH3 is 1. The fourth-order valence-corrected chi connectivity index (χ4v) is 2.06. The lowest BCUT2D eigenvalue weighted by Crippen LogP contribution is -1.98. The maximum atomic E-state index is 11.3. The second-order valence-corrected chi connectivity index (χ2v) is 4.31. The van der Waals surface area contributed by atoms with Crippen LogP contribution in [0.25, 0.3) is 11.3 Å². The van der Waals surface area contributed by atoms with Gasteiger partial charge in [0.15, 0.2) is 0 Å². The number of ether oxygens (including phenoxy) is 1. The molecule has 0 amide bonds. The van der Waals surface area contributed by atoms with E-state index in [9.17, 15) is 4.79 Å². The summed E-state index contributed by atoms with van der Waals surface area (Å²) in [5.74, 6) is 0.465. The van der Waals surface area contributed by atoms with E-state index in [4.69, 9.17) is 4.42 Å². The second-order valence-electron chi connectivity index (χ2n) is 3.15. The lowest BCUT2D eigenvalue weighted by molar-refractivity contribution is 0.0566. The molecule has 3 nitrogen and oxygen atoms in total. The van der Waals surface area contributed by atoms with E-state index < -0.39 is 5.97 Å². The van der Waals surface area contributed by atoms with Crippen molar-refractivity contribution in [3.05, 3.63) is 45.7 Å². The monoisotopic (exact) mass is 328 g/mol. The minimum atomic E-state index is -0.458. The van der Waals surface area contributed by atoms with Crippen LogP contribution in [-0.4, -0.2) is 13.1 Å². The lowest BCUT2D eigenvalue weighted by Gasteiger charge is -1.97. The van der Waals surface area contributed by atoms with Crippen molar-refractivity contribution in [1.82, 2.24) is 0 Å². The van der Waals surface area contributed by atoms with Crippen molar-refractivity contribution in [1.29, 1.82) is 0 Å². The van der Waals surface area contributed by atoms with E-state index in [2.05, 4.69) is 27.3 Å². The van der Waals surface area contributed by atoms with Gasteiger partial charge in [-0.15, -0.1) is 0 Å². The van der Waals surface area contributed by atoms with E-state index in [1.807, 2.05) is 30.3 Å². The molecule has 82 valence electrons. The first kappa shape index (κ1) is 11.2. The Hall–Kier alpha value is -1.30. The van der Waals surface area contributed by atoms with E-state index in [1.54, 1.807) is 6.07 Å². The molecule has 0 aliphatic rings. The first-order valence-electron chi connectivity index (χ1n) is 4.65. The molecule has 0 saturated heterocycles. The fraction of sp³-hybridized carbons (Fsp3) is 0.0833. The highest BCUT2D eigenvalue weighted by atomic mass is 127. The molecule has 0 radical (unpaired) electrons. The van der Waals surface area contributed by atoms with E-state index in [1.165, 1.54) is 7.11 Å². The number of esters is 1. The van der Waals surface area contributed by atoms with Crippen molar-refractivity contribution < 1.29 is 13.9 Å². The second kappa shape index (κ2) is 4.69. The highest BCUT2D eigenvalue weighted by Gasteiger charge is 2.16. The molecule has 0 spiro atoms. The summed E-state index contributed by atoms with van der Waals surface area (Å²) in [4.78, 5) is 11.3. The number of rotatable bonds is 2. The fourth-order valence-electron chi connectivity index (χ4n) is 1.36. The third kappa shape index (κ3) is 2.11. The van der Waals surface area contributed by atoms with Gasteiger partial charge < -0.3 is 9.15 Å². The number of carbonyl (C=O) groups is 1. The Kier molecular flexibility index (Phi) is 3.28. The molecule has 0 aliphatic carbocycles. The molecule has 0 atom stereocenters. The molecule has 4 heteroatoms. The zero-order chi connectivity index (χ0) is 11.5. The number of furan rings is 1. The normalized spacial score (nSPS) is 10.1. The average Bonchev–Trinajstić information content (AvgIpc) is 2.71. The van der Waals surface area contributed by atoms with E-state index >= 15 is 0 Å². The largest absolute Gasteiger partial charge is 0.463 e. The molecule has 0 fully saturated rings.